The van der Waals surface area contributed by atoms with Crippen molar-refractivity contribution in [2.75, 3.05) is 32.5 Å². The summed E-state index contributed by atoms with van der Waals surface area (Å²) in [7, 11) is -3.16. The summed E-state index contributed by atoms with van der Waals surface area (Å²) in [4.78, 5) is 2.58. The van der Waals surface area contributed by atoms with Crippen molar-refractivity contribution in [1.29, 1.82) is 0 Å². The zero-order valence-electron chi connectivity index (χ0n) is 16.7. The lowest BCUT2D eigenvalue weighted by atomic mass is 9.77. The molecule has 3 atom stereocenters. The van der Waals surface area contributed by atoms with Gasteiger partial charge < -0.3 is 4.74 Å². The smallest absolute Gasteiger partial charge is 0.211 e. The van der Waals surface area contributed by atoms with Crippen LogP contribution in [0.25, 0.3) is 0 Å². The lowest BCUT2D eigenvalue weighted by molar-refractivity contribution is 0.0209. The Hall–Kier alpha value is -1.11. The highest BCUT2D eigenvalue weighted by Gasteiger charge is 2.45. The summed E-state index contributed by atoms with van der Waals surface area (Å²) in [6.45, 7) is 7.78. The fourth-order valence-electron chi connectivity index (χ4n) is 5.22. The monoisotopic (exact) mass is 392 g/mol. The normalized spacial score (nSPS) is 29.1. The van der Waals surface area contributed by atoms with Crippen LogP contribution in [0.15, 0.2) is 18.2 Å². The molecule has 0 bridgehead atoms. The van der Waals surface area contributed by atoms with Crippen molar-refractivity contribution in [2.45, 2.75) is 51.6 Å². The summed E-state index contributed by atoms with van der Waals surface area (Å²) >= 11 is 0. The fraction of sp³-hybridized carbons (Fsp3) is 0.714. The third-order valence-corrected chi connectivity index (χ3v) is 7.70. The Morgan fingerprint density at radius 3 is 2.81 bits per heavy atom. The highest BCUT2D eigenvalue weighted by Crippen LogP contribution is 2.46. The number of sulfonamides is 1. The summed E-state index contributed by atoms with van der Waals surface area (Å²) in [6.07, 6.45) is 5.42. The number of rotatable bonds is 4. The van der Waals surface area contributed by atoms with Crippen molar-refractivity contribution >= 4 is 10.0 Å². The van der Waals surface area contributed by atoms with E-state index in [0.717, 1.165) is 44.5 Å². The summed E-state index contributed by atoms with van der Waals surface area (Å²) in [5, 5.41) is 0. The van der Waals surface area contributed by atoms with Crippen LogP contribution in [-0.4, -0.2) is 56.2 Å². The van der Waals surface area contributed by atoms with Crippen LogP contribution in [0, 0.1) is 11.8 Å². The van der Waals surface area contributed by atoms with Crippen LogP contribution < -0.4 is 4.74 Å². The molecule has 0 radical (unpaired) electrons. The maximum absolute atomic E-state index is 12.4. The second-order valence-electron chi connectivity index (χ2n) is 8.87. The number of ether oxygens (including phenoxy) is 1. The predicted molar refractivity (Wildman–Crippen MR) is 107 cm³/mol. The van der Waals surface area contributed by atoms with E-state index in [1.807, 2.05) is 0 Å². The van der Waals surface area contributed by atoms with E-state index in [2.05, 4.69) is 36.9 Å². The fourth-order valence-corrected chi connectivity index (χ4v) is 6.43. The summed E-state index contributed by atoms with van der Waals surface area (Å²) in [6, 6.07) is 6.79. The molecule has 0 N–H and O–H groups in total. The molecule has 3 aliphatic rings. The topological polar surface area (TPSA) is 49.9 Å². The van der Waals surface area contributed by atoms with E-state index >= 15 is 0 Å². The van der Waals surface area contributed by atoms with Crippen LogP contribution in [0.3, 0.4) is 0 Å². The minimum atomic E-state index is -3.16. The molecule has 2 saturated heterocycles. The van der Waals surface area contributed by atoms with Crippen LogP contribution in [0.2, 0.25) is 0 Å². The lowest BCUT2D eigenvalue weighted by Gasteiger charge is -2.51. The summed E-state index contributed by atoms with van der Waals surface area (Å²) in [5.41, 5.74) is 2.68. The molecule has 1 aromatic rings. The van der Waals surface area contributed by atoms with Crippen molar-refractivity contribution < 1.29 is 13.2 Å². The van der Waals surface area contributed by atoms with E-state index in [-0.39, 0.29) is 12.1 Å². The van der Waals surface area contributed by atoms with E-state index < -0.39 is 10.0 Å². The van der Waals surface area contributed by atoms with Gasteiger partial charge in [0, 0.05) is 37.3 Å². The van der Waals surface area contributed by atoms with Gasteiger partial charge in [0.15, 0.2) is 0 Å². The van der Waals surface area contributed by atoms with Crippen LogP contribution >= 0.6 is 0 Å². The van der Waals surface area contributed by atoms with Gasteiger partial charge in [-0.25, -0.2) is 8.42 Å². The summed E-state index contributed by atoms with van der Waals surface area (Å²) < 4.78 is 32.7. The summed E-state index contributed by atoms with van der Waals surface area (Å²) in [5.74, 6) is 1.93. The Morgan fingerprint density at radius 2 is 2.07 bits per heavy atom. The molecule has 1 aromatic carbocycles. The second kappa shape index (κ2) is 7.37. The van der Waals surface area contributed by atoms with Crippen LogP contribution in [-0.2, 0) is 16.4 Å². The Kier molecular flexibility index (Phi) is 5.25. The first-order chi connectivity index (χ1) is 12.8. The van der Waals surface area contributed by atoms with Gasteiger partial charge >= 0.3 is 0 Å². The number of hydrogen-bond donors (Lipinski definition) is 0. The van der Waals surface area contributed by atoms with Gasteiger partial charge in [-0.05, 0) is 49.1 Å². The van der Waals surface area contributed by atoms with Crippen molar-refractivity contribution in [3.63, 3.8) is 0 Å². The van der Waals surface area contributed by atoms with Crippen LogP contribution in [0.1, 0.15) is 50.3 Å². The molecule has 0 amide bonds. The van der Waals surface area contributed by atoms with E-state index in [9.17, 15) is 8.42 Å². The Morgan fingerprint density at radius 1 is 1.26 bits per heavy atom. The largest absolute Gasteiger partial charge is 0.493 e. The van der Waals surface area contributed by atoms with Crippen LogP contribution in [0.5, 0.6) is 5.75 Å². The van der Waals surface area contributed by atoms with Gasteiger partial charge in [0.05, 0.1) is 12.9 Å². The Balaban J connectivity index is 1.66. The Bertz CT molecular complexity index is 793. The number of piperidine rings is 2. The number of hydrogen-bond acceptors (Lipinski definition) is 4. The molecule has 0 aliphatic carbocycles. The van der Waals surface area contributed by atoms with E-state index in [1.165, 1.54) is 17.4 Å². The molecule has 5 nitrogen and oxygen atoms in total. The molecule has 6 heteroatoms. The number of nitrogens with zero attached hydrogens (tertiary/aromatic N) is 2. The van der Waals surface area contributed by atoms with Crippen molar-refractivity contribution in [3.05, 3.63) is 29.3 Å². The third-order valence-electron chi connectivity index (χ3n) is 6.40. The van der Waals surface area contributed by atoms with Gasteiger partial charge in [0.2, 0.25) is 10.0 Å². The molecule has 150 valence electrons. The third kappa shape index (κ3) is 3.76. The highest BCUT2D eigenvalue weighted by atomic mass is 32.2. The standard InChI is InChI=1S/C21H32N2O3S/c1-15(2)14-26-20-8-4-6-16-9-11-22-13-17-7-5-10-23(27(3,24)25)18(17)12-19(22)21(16)20/h4,6,8,15,17-19H,5,7,9-14H2,1-3H3/t17-,18+,19+/m1/s1. The van der Waals surface area contributed by atoms with Gasteiger partial charge in [-0.1, -0.05) is 26.0 Å². The molecule has 3 aliphatic heterocycles. The van der Waals surface area contributed by atoms with Gasteiger partial charge in [0.1, 0.15) is 5.75 Å². The average molecular weight is 393 g/mol. The first kappa shape index (κ1) is 19.2. The van der Waals surface area contributed by atoms with Crippen molar-refractivity contribution in [3.8, 4) is 5.75 Å². The number of benzene rings is 1. The molecule has 0 aromatic heterocycles. The molecule has 3 heterocycles. The van der Waals surface area contributed by atoms with Crippen LogP contribution in [0.4, 0.5) is 0 Å². The van der Waals surface area contributed by atoms with E-state index in [4.69, 9.17) is 4.74 Å². The van der Waals surface area contributed by atoms with Crippen molar-refractivity contribution in [1.82, 2.24) is 9.21 Å². The zero-order valence-corrected chi connectivity index (χ0v) is 17.5. The first-order valence-corrected chi connectivity index (χ1v) is 12.1. The molecule has 27 heavy (non-hydrogen) atoms. The zero-order chi connectivity index (χ0) is 19.2. The minimum absolute atomic E-state index is 0.124. The average Bonchev–Trinajstić information content (AvgIpc) is 2.63. The maximum atomic E-state index is 12.4. The minimum Gasteiger partial charge on any atom is -0.493 e. The molecule has 4 rings (SSSR count). The molecule has 0 unspecified atom stereocenters. The molecule has 0 saturated carbocycles. The first-order valence-electron chi connectivity index (χ1n) is 10.3. The molecular formula is C21H32N2O3S. The molecule has 0 spiro atoms. The maximum Gasteiger partial charge on any atom is 0.211 e. The van der Waals surface area contributed by atoms with E-state index in [1.54, 1.807) is 4.31 Å². The molecule has 2 fully saturated rings. The van der Waals surface area contributed by atoms with Gasteiger partial charge in [-0.15, -0.1) is 0 Å². The van der Waals surface area contributed by atoms with Gasteiger partial charge in [0.25, 0.3) is 0 Å². The highest BCUT2D eigenvalue weighted by molar-refractivity contribution is 7.88. The van der Waals surface area contributed by atoms with Crippen molar-refractivity contribution in [2.24, 2.45) is 11.8 Å². The SMILES string of the molecule is CC(C)COc1cccc2c1[C@@H]1C[C@H]3[C@H](CCCN3S(C)(=O)=O)CN1CC2. The van der Waals surface area contributed by atoms with E-state index in [0.29, 0.717) is 25.0 Å². The second-order valence-corrected chi connectivity index (χ2v) is 10.8. The number of fused-ring (bicyclic) bond motifs is 4. The quantitative estimate of drug-likeness (QED) is 0.790. The van der Waals surface area contributed by atoms with Gasteiger partial charge in [-0.3, -0.25) is 4.90 Å². The lowest BCUT2D eigenvalue weighted by Crippen LogP contribution is -2.57. The Labute approximate surface area is 163 Å². The molecular weight excluding hydrogens is 360 g/mol. The van der Waals surface area contributed by atoms with Gasteiger partial charge in [-0.2, -0.15) is 4.31 Å². The predicted octanol–water partition coefficient (Wildman–Crippen LogP) is 3.06.